The van der Waals surface area contributed by atoms with E-state index in [0.717, 1.165) is 6.42 Å². The van der Waals surface area contributed by atoms with E-state index in [0.29, 0.717) is 19.7 Å². The number of Topliss-reactive ketones (excluding diaryl/α,β-unsaturated/α-hetero) is 1. The van der Waals surface area contributed by atoms with Crippen LogP contribution in [0.5, 0.6) is 0 Å². The normalized spacial score (nSPS) is 9.75. The van der Waals surface area contributed by atoms with Crippen molar-refractivity contribution in [2.45, 2.75) is 13.3 Å². The first-order valence-corrected chi connectivity index (χ1v) is 4.22. The van der Waals surface area contributed by atoms with Gasteiger partial charge in [0.2, 0.25) is 0 Å². The highest BCUT2D eigenvalue weighted by Crippen LogP contribution is 1.80. The van der Waals surface area contributed by atoms with Gasteiger partial charge in [0.1, 0.15) is 6.61 Å². The molecule has 0 amide bonds. The van der Waals surface area contributed by atoms with E-state index in [1.807, 2.05) is 6.92 Å². The molecule has 0 bridgehead atoms. The third-order valence-corrected chi connectivity index (χ3v) is 1.22. The molecule has 0 aromatic carbocycles. The lowest BCUT2D eigenvalue weighted by molar-refractivity contribution is -0.122. The van der Waals surface area contributed by atoms with Crippen LogP contribution >= 0.6 is 0 Å². The van der Waals surface area contributed by atoms with E-state index in [-0.39, 0.29) is 12.4 Å². The third kappa shape index (κ3) is 7.44. The third-order valence-electron chi connectivity index (χ3n) is 1.22. The van der Waals surface area contributed by atoms with Gasteiger partial charge in [-0.25, -0.2) is 0 Å². The molecule has 0 aliphatic rings. The quantitative estimate of drug-likeness (QED) is 0.433. The predicted molar refractivity (Wildman–Crippen MR) is 49.2 cm³/mol. The highest BCUT2D eigenvalue weighted by Gasteiger charge is 1.98. The van der Waals surface area contributed by atoms with Gasteiger partial charge in [0, 0.05) is 13.2 Å². The van der Waals surface area contributed by atoms with E-state index >= 15 is 0 Å². The molecular formula is C9H17NO2. The summed E-state index contributed by atoms with van der Waals surface area (Å²) in [4.78, 5) is 11.0. The lowest BCUT2D eigenvalue weighted by atomic mass is 10.4. The zero-order valence-corrected chi connectivity index (χ0v) is 7.64. The molecular weight excluding hydrogens is 154 g/mol. The molecule has 0 unspecified atom stereocenters. The van der Waals surface area contributed by atoms with Crippen molar-refractivity contribution in [1.29, 1.82) is 0 Å². The molecule has 3 heteroatoms. The molecule has 0 aliphatic heterocycles. The van der Waals surface area contributed by atoms with Crippen LogP contribution in [0.25, 0.3) is 0 Å². The first kappa shape index (κ1) is 11.3. The molecule has 0 saturated heterocycles. The molecule has 0 atom stereocenters. The zero-order valence-electron chi connectivity index (χ0n) is 7.64. The summed E-state index contributed by atoms with van der Waals surface area (Å²) in [5.74, 6) is 0.0882. The van der Waals surface area contributed by atoms with E-state index in [1.54, 1.807) is 6.08 Å². The summed E-state index contributed by atoms with van der Waals surface area (Å²) < 4.78 is 5.06. The highest BCUT2D eigenvalue weighted by molar-refractivity contribution is 5.81. The van der Waals surface area contributed by atoms with Crippen LogP contribution in [0.1, 0.15) is 13.3 Å². The molecule has 12 heavy (non-hydrogen) atoms. The Morgan fingerprint density at radius 1 is 1.67 bits per heavy atom. The molecule has 1 N–H and O–H groups in total. The standard InChI is InChI=1S/C9H17NO2/c1-3-5-10-7-9(11)8-12-6-4-2/h3,10H,1,4-8H2,2H3. The Morgan fingerprint density at radius 3 is 3.00 bits per heavy atom. The number of hydrogen-bond acceptors (Lipinski definition) is 3. The SMILES string of the molecule is C=CCNCC(=O)COCCC. The molecule has 0 radical (unpaired) electrons. The van der Waals surface area contributed by atoms with Gasteiger partial charge in [0.25, 0.3) is 0 Å². The Bertz CT molecular complexity index is 134. The van der Waals surface area contributed by atoms with Gasteiger partial charge in [-0.05, 0) is 6.42 Å². The van der Waals surface area contributed by atoms with Crippen molar-refractivity contribution in [1.82, 2.24) is 5.32 Å². The van der Waals surface area contributed by atoms with E-state index in [4.69, 9.17) is 4.74 Å². The molecule has 0 spiro atoms. The van der Waals surface area contributed by atoms with Crippen LogP contribution in [0, 0.1) is 0 Å². The van der Waals surface area contributed by atoms with E-state index < -0.39 is 0 Å². The number of nitrogens with one attached hydrogen (secondary N) is 1. The van der Waals surface area contributed by atoms with Gasteiger partial charge in [-0.3, -0.25) is 4.79 Å². The van der Waals surface area contributed by atoms with Crippen LogP contribution in [-0.4, -0.2) is 32.1 Å². The van der Waals surface area contributed by atoms with E-state index in [1.165, 1.54) is 0 Å². The first-order chi connectivity index (χ1) is 5.81. The number of ketones is 1. The van der Waals surface area contributed by atoms with Crippen LogP contribution in [0.4, 0.5) is 0 Å². The number of hydrogen-bond donors (Lipinski definition) is 1. The van der Waals surface area contributed by atoms with Gasteiger partial charge in [-0.2, -0.15) is 0 Å². The predicted octanol–water partition coefficient (Wildman–Crippen LogP) is 0.758. The van der Waals surface area contributed by atoms with E-state index in [2.05, 4.69) is 11.9 Å². The van der Waals surface area contributed by atoms with Crippen LogP contribution in [0.15, 0.2) is 12.7 Å². The smallest absolute Gasteiger partial charge is 0.172 e. The molecule has 0 fully saturated rings. The summed E-state index contributed by atoms with van der Waals surface area (Å²) in [6, 6.07) is 0. The second-order valence-corrected chi connectivity index (χ2v) is 2.51. The molecule has 70 valence electrons. The zero-order chi connectivity index (χ0) is 9.23. The summed E-state index contributed by atoms with van der Waals surface area (Å²) in [7, 11) is 0. The number of ether oxygens (including phenoxy) is 1. The fraction of sp³-hybridized carbons (Fsp3) is 0.667. The van der Waals surface area contributed by atoms with Crippen LogP contribution in [0.2, 0.25) is 0 Å². The molecule has 3 nitrogen and oxygen atoms in total. The minimum atomic E-state index is 0.0882. The summed E-state index contributed by atoms with van der Waals surface area (Å²) in [6.45, 7) is 7.46. The fourth-order valence-electron chi connectivity index (χ4n) is 0.695. The number of carbonyl (C=O) groups excluding carboxylic acids is 1. The molecule has 0 aromatic rings. The monoisotopic (exact) mass is 171 g/mol. The molecule has 0 aliphatic carbocycles. The van der Waals surface area contributed by atoms with E-state index in [9.17, 15) is 4.79 Å². The largest absolute Gasteiger partial charge is 0.374 e. The summed E-state index contributed by atoms with van der Waals surface area (Å²) in [6.07, 6.45) is 2.67. The van der Waals surface area contributed by atoms with Crippen molar-refractivity contribution in [3.05, 3.63) is 12.7 Å². The first-order valence-electron chi connectivity index (χ1n) is 4.22. The Balaban J connectivity index is 3.15. The summed E-state index contributed by atoms with van der Waals surface area (Å²) in [5.41, 5.74) is 0. The summed E-state index contributed by atoms with van der Waals surface area (Å²) >= 11 is 0. The second kappa shape index (κ2) is 8.43. The van der Waals surface area contributed by atoms with Crippen LogP contribution in [-0.2, 0) is 9.53 Å². The topological polar surface area (TPSA) is 38.3 Å². The molecule has 0 rings (SSSR count). The van der Waals surface area contributed by atoms with Crippen molar-refractivity contribution in [2.24, 2.45) is 0 Å². The van der Waals surface area contributed by atoms with Gasteiger partial charge in [-0.15, -0.1) is 6.58 Å². The van der Waals surface area contributed by atoms with Crippen LogP contribution in [0.3, 0.4) is 0 Å². The Kier molecular flexibility index (Phi) is 7.96. The lowest BCUT2D eigenvalue weighted by Gasteiger charge is -2.01. The minimum Gasteiger partial charge on any atom is -0.374 e. The lowest BCUT2D eigenvalue weighted by Crippen LogP contribution is -2.26. The molecule has 0 saturated carbocycles. The van der Waals surface area contributed by atoms with Gasteiger partial charge >= 0.3 is 0 Å². The van der Waals surface area contributed by atoms with Crippen LogP contribution < -0.4 is 5.32 Å². The van der Waals surface area contributed by atoms with Crippen molar-refractivity contribution in [3.63, 3.8) is 0 Å². The van der Waals surface area contributed by atoms with Crippen molar-refractivity contribution in [3.8, 4) is 0 Å². The fourth-order valence-corrected chi connectivity index (χ4v) is 0.695. The van der Waals surface area contributed by atoms with Gasteiger partial charge in [0.05, 0.1) is 6.54 Å². The number of rotatable bonds is 8. The maximum absolute atomic E-state index is 11.0. The Morgan fingerprint density at radius 2 is 2.42 bits per heavy atom. The minimum absolute atomic E-state index is 0.0882. The van der Waals surface area contributed by atoms with Gasteiger partial charge in [-0.1, -0.05) is 13.0 Å². The van der Waals surface area contributed by atoms with Crippen molar-refractivity contribution < 1.29 is 9.53 Å². The summed E-state index contributed by atoms with van der Waals surface area (Å²) in [5, 5.41) is 2.91. The molecule has 0 aromatic heterocycles. The van der Waals surface area contributed by atoms with Crippen molar-refractivity contribution >= 4 is 5.78 Å². The second-order valence-electron chi connectivity index (χ2n) is 2.51. The average molecular weight is 171 g/mol. The van der Waals surface area contributed by atoms with Gasteiger partial charge in [0.15, 0.2) is 5.78 Å². The Labute approximate surface area is 73.8 Å². The maximum atomic E-state index is 11.0. The number of carbonyl (C=O) groups is 1. The molecule has 0 heterocycles. The highest BCUT2D eigenvalue weighted by atomic mass is 16.5. The Hall–Kier alpha value is -0.670. The maximum Gasteiger partial charge on any atom is 0.172 e. The average Bonchev–Trinajstić information content (AvgIpc) is 2.06. The van der Waals surface area contributed by atoms with Crippen molar-refractivity contribution in [2.75, 3.05) is 26.3 Å². The van der Waals surface area contributed by atoms with Gasteiger partial charge < -0.3 is 10.1 Å².